The van der Waals surface area contributed by atoms with Crippen molar-refractivity contribution in [2.24, 2.45) is 0 Å². The lowest BCUT2D eigenvalue weighted by molar-refractivity contribution is -0.255. The number of sulfonamides is 1. The van der Waals surface area contributed by atoms with Crippen LogP contribution in [0.4, 0.5) is 0 Å². The van der Waals surface area contributed by atoms with Crippen LogP contribution in [0.3, 0.4) is 0 Å². The van der Waals surface area contributed by atoms with Crippen molar-refractivity contribution in [3.63, 3.8) is 0 Å². The molecule has 0 amide bonds. The molecule has 0 spiro atoms. The molecule has 0 atom stereocenters. The maximum absolute atomic E-state index is 12.1. The summed E-state index contributed by atoms with van der Waals surface area (Å²) in [4.78, 5) is 10.7. The predicted octanol–water partition coefficient (Wildman–Crippen LogP) is -0.165. The molecule has 0 unspecified atom stereocenters. The van der Waals surface area contributed by atoms with Gasteiger partial charge in [0.2, 0.25) is 10.0 Å². The van der Waals surface area contributed by atoms with Gasteiger partial charge in [-0.15, -0.1) is 0 Å². The van der Waals surface area contributed by atoms with E-state index in [2.05, 4.69) is 0 Å². The van der Waals surface area contributed by atoms with Gasteiger partial charge in [0, 0.05) is 13.1 Å². The minimum Gasteiger partial charge on any atom is -0.545 e. The SMILES string of the molecule is O=C([O-])c1ccc(S(=O)(=O)N2CCCC2)cc1. The van der Waals surface area contributed by atoms with E-state index in [1.54, 1.807) is 0 Å². The summed E-state index contributed by atoms with van der Waals surface area (Å²) in [5.74, 6) is -1.31. The Morgan fingerprint density at radius 2 is 1.65 bits per heavy atom. The molecule has 1 fully saturated rings. The third kappa shape index (κ3) is 2.32. The first-order valence-corrected chi connectivity index (χ1v) is 6.77. The van der Waals surface area contributed by atoms with E-state index in [0.717, 1.165) is 12.8 Å². The summed E-state index contributed by atoms with van der Waals surface area (Å²) in [6, 6.07) is 5.11. The molecule has 1 aromatic rings. The van der Waals surface area contributed by atoms with Crippen molar-refractivity contribution >= 4 is 16.0 Å². The molecule has 6 heteroatoms. The minimum absolute atomic E-state index is 0.0228. The fourth-order valence-corrected chi connectivity index (χ4v) is 3.36. The van der Waals surface area contributed by atoms with Crippen LogP contribution in [0, 0.1) is 0 Å². The molecule has 92 valence electrons. The summed E-state index contributed by atoms with van der Waals surface area (Å²) in [5.41, 5.74) is -0.0228. The molecule has 0 N–H and O–H groups in total. The highest BCUT2D eigenvalue weighted by Crippen LogP contribution is 2.20. The van der Waals surface area contributed by atoms with Crippen LogP contribution in [-0.4, -0.2) is 31.8 Å². The van der Waals surface area contributed by atoms with Crippen LogP contribution >= 0.6 is 0 Å². The quantitative estimate of drug-likeness (QED) is 0.750. The van der Waals surface area contributed by atoms with Gasteiger partial charge in [-0.3, -0.25) is 0 Å². The molecule has 17 heavy (non-hydrogen) atoms. The number of rotatable bonds is 3. The Balaban J connectivity index is 2.30. The van der Waals surface area contributed by atoms with E-state index in [1.807, 2.05) is 0 Å². The van der Waals surface area contributed by atoms with Crippen molar-refractivity contribution < 1.29 is 18.3 Å². The molecule has 1 aliphatic rings. The first-order valence-electron chi connectivity index (χ1n) is 5.33. The Labute approximate surface area is 99.7 Å². The summed E-state index contributed by atoms with van der Waals surface area (Å²) in [6.45, 7) is 1.06. The molecule has 0 radical (unpaired) electrons. The second-order valence-electron chi connectivity index (χ2n) is 3.92. The van der Waals surface area contributed by atoms with Crippen LogP contribution in [-0.2, 0) is 10.0 Å². The highest BCUT2D eigenvalue weighted by molar-refractivity contribution is 7.89. The van der Waals surface area contributed by atoms with Crippen molar-refractivity contribution in [3.8, 4) is 0 Å². The lowest BCUT2D eigenvalue weighted by atomic mass is 10.2. The number of benzene rings is 1. The van der Waals surface area contributed by atoms with Crippen LogP contribution in [0.15, 0.2) is 29.2 Å². The van der Waals surface area contributed by atoms with E-state index in [4.69, 9.17) is 0 Å². The van der Waals surface area contributed by atoms with Crippen LogP contribution in [0.1, 0.15) is 23.2 Å². The molecule has 0 aromatic heterocycles. The first-order chi connectivity index (χ1) is 8.01. The number of nitrogens with zero attached hydrogens (tertiary/aromatic N) is 1. The maximum Gasteiger partial charge on any atom is 0.243 e. The monoisotopic (exact) mass is 254 g/mol. The third-order valence-corrected chi connectivity index (χ3v) is 4.71. The van der Waals surface area contributed by atoms with Gasteiger partial charge in [-0.2, -0.15) is 4.31 Å². The van der Waals surface area contributed by atoms with Gasteiger partial charge in [-0.25, -0.2) is 8.42 Å². The van der Waals surface area contributed by atoms with E-state index in [0.29, 0.717) is 13.1 Å². The molecule has 2 rings (SSSR count). The average molecular weight is 254 g/mol. The average Bonchev–Trinajstić information content (AvgIpc) is 2.83. The normalized spacial score (nSPS) is 17.2. The van der Waals surface area contributed by atoms with Crippen LogP contribution in [0.25, 0.3) is 0 Å². The molecular weight excluding hydrogens is 242 g/mol. The summed E-state index contributed by atoms with van der Waals surface area (Å²) in [7, 11) is -3.46. The predicted molar refractivity (Wildman–Crippen MR) is 58.8 cm³/mol. The number of hydrogen-bond acceptors (Lipinski definition) is 4. The zero-order valence-electron chi connectivity index (χ0n) is 9.13. The molecule has 5 nitrogen and oxygen atoms in total. The molecule has 1 saturated heterocycles. The van der Waals surface area contributed by atoms with Crippen molar-refractivity contribution in [1.82, 2.24) is 4.31 Å². The number of carbonyl (C=O) groups excluding carboxylic acids is 1. The van der Waals surface area contributed by atoms with Gasteiger partial charge in [0.1, 0.15) is 0 Å². The largest absolute Gasteiger partial charge is 0.545 e. The van der Waals surface area contributed by atoms with Gasteiger partial charge in [0.25, 0.3) is 0 Å². The molecule has 1 heterocycles. The van der Waals surface area contributed by atoms with E-state index in [1.165, 1.54) is 28.6 Å². The smallest absolute Gasteiger partial charge is 0.243 e. The van der Waals surface area contributed by atoms with Crippen molar-refractivity contribution in [3.05, 3.63) is 29.8 Å². The van der Waals surface area contributed by atoms with Gasteiger partial charge < -0.3 is 9.90 Å². The van der Waals surface area contributed by atoms with Gasteiger partial charge in [0.05, 0.1) is 10.9 Å². The van der Waals surface area contributed by atoms with E-state index < -0.39 is 16.0 Å². The maximum atomic E-state index is 12.1. The molecular formula is C11H12NO4S-. The molecule has 1 aliphatic heterocycles. The number of carbonyl (C=O) groups is 1. The number of carboxylic acids is 1. The lowest BCUT2D eigenvalue weighted by Crippen LogP contribution is -2.28. The van der Waals surface area contributed by atoms with E-state index in [-0.39, 0.29) is 10.5 Å². The van der Waals surface area contributed by atoms with E-state index >= 15 is 0 Å². The zero-order chi connectivity index (χ0) is 12.5. The highest BCUT2D eigenvalue weighted by atomic mass is 32.2. The van der Waals surface area contributed by atoms with Crippen LogP contribution < -0.4 is 5.11 Å². The van der Waals surface area contributed by atoms with Gasteiger partial charge in [0.15, 0.2) is 0 Å². The Morgan fingerprint density at radius 3 is 2.12 bits per heavy atom. The summed E-state index contributed by atoms with van der Waals surface area (Å²) in [5, 5.41) is 10.5. The molecule has 0 aliphatic carbocycles. The van der Waals surface area contributed by atoms with Crippen molar-refractivity contribution in [1.29, 1.82) is 0 Å². The number of aromatic carboxylic acids is 1. The van der Waals surface area contributed by atoms with E-state index in [9.17, 15) is 18.3 Å². The second-order valence-corrected chi connectivity index (χ2v) is 5.86. The molecule has 0 bridgehead atoms. The Hall–Kier alpha value is -1.40. The summed E-state index contributed by atoms with van der Waals surface area (Å²) in [6.07, 6.45) is 1.74. The summed E-state index contributed by atoms with van der Waals surface area (Å²) >= 11 is 0. The highest BCUT2D eigenvalue weighted by Gasteiger charge is 2.26. The third-order valence-electron chi connectivity index (χ3n) is 2.79. The lowest BCUT2D eigenvalue weighted by Gasteiger charge is -2.15. The van der Waals surface area contributed by atoms with Crippen LogP contribution in [0.2, 0.25) is 0 Å². The topological polar surface area (TPSA) is 77.5 Å². The van der Waals surface area contributed by atoms with Crippen molar-refractivity contribution in [2.45, 2.75) is 17.7 Å². The van der Waals surface area contributed by atoms with Gasteiger partial charge in [-0.05, 0) is 30.5 Å². The Morgan fingerprint density at radius 1 is 1.12 bits per heavy atom. The fourth-order valence-electron chi connectivity index (χ4n) is 1.84. The fraction of sp³-hybridized carbons (Fsp3) is 0.364. The first kappa shape index (κ1) is 12.1. The second kappa shape index (κ2) is 4.46. The summed E-state index contributed by atoms with van der Waals surface area (Å²) < 4.78 is 25.6. The van der Waals surface area contributed by atoms with Gasteiger partial charge in [-0.1, -0.05) is 12.1 Å². The van der Waals surface area contributed by atoms with Crippen molar-refractivity contribution in [2.75, 3.05) is 13.1 Å². The number of hydrogen-bond donors (Lipinski definition) is 0. The minimum atomic E-state index is -3.46. The standard InChI is InChI=1S/C11H13NO4S/c13-11(14)9-3-5-10(6-4-9)17(15,16)12-7-1-2-8-12/h3-6H,1-2,7-8H2,(H,13,14)/p-1. The zero-order valence-corrected chi connectivity index (χ0v) is 9.94. The molecule has 1 aromatic carbocycles. The molecule has 0 saturated carbocycles. The Kier molecular flexibility index (Phi) is 3.17. The van der Waals surface area contributed by atoms with Gasteiger partial charge >= 0.3 is 0 Å². The van der Waals surface area contributed by atoms with Crippen LogP contribution in [0.5, 0.6) is 0 Å². The number of carboxylic acid groups (broad SMARTS) is 1. The Bertz CT molecular complexity index is 515.